The second kappa shape index (κ2) is 3.82. The molecule has 0 aromatic carbocycles. The molecule has 16 heavy (non-hydrogen) atoms. The fourth-order valence-corrected chi connectivity index (χ4v) is 2.82. The molecular formula is C11H19N5. The average molecular weight is 221 g/mol. The van der Waals surface area contributed by atoms with Gasteiger partial charge in [0.05, 0.1) is 0 Å². The molecule has 1 fully saturated rings. The maximum atomic E-state index is 6.02. The van der Waals surface area contributed by atoms with Crippen LogP contribution in [0, 0.1) is 0 Å². The fraction of sp³-hybridized carbons (Fsp3) is 0.818. The summed E-state index contributed by atoms with van der Waals surface area (Å²) in [5.41, 5.74) is 6.02. The summed E-state index contributed by atoms with van der Waals surface area (Å²) in [5.74, 6) is 2.84. The Morgan fingerprint density at radius 3 is 2.88 bits per heavy atom. The zero-order chi connectivity index (χ0) is 11.1. The molecule has 0 amide bonds. The van der Waals surface area contributed by atoms with Crippen molar-refractivity contribution >= 4 is 0 Å². The van der Waals surface area contributed by atoms with Crippen molar-refractivity contribution in [1.82, 2.24) is 19.7 Å². The smallest absolute Gasteiger partial charge is 0.137 e. The molecule has 5 nitrogen and oxygen atoms in total. The quantitative estimate of drug-likeness (QED) is 0.723. The molecule has 1 aromatic heterocycles. The first-order valence-electron chi connectivity index (χ1n) is 6.10. The van der Waals surface area contributed by atoms with Crippen LogP contribution < -0.4 is 5.73 Å². The van der Waals surface area contributed by atoms with Gasteiger partial charge >= 0.3 is 0 Å². The highest BCUT2D eigenvalue weighted by molar-refractivity contribution is 5.08. The number of nitrogens with two attached hydrogens (primary N) is 1. The van der Waals surface area contributed by atoms with Gasteiger partial charge in [0.25, 0.3) is 0 Å². The number of aromatic nitrogens is 3. The Hall–Kier alpha value is -0.940. The van der Waals surface area contributed by atoms with Crippen LogP contribution in [0.3, 0.4) is 0 Å². The van der Waals surface area contributed by atoms with Crippen molar-refractivity contribution in [1.29, 1.82) is 0 Å². The van der Waals surface area contributed by atoms with Crippen molar-refractivity contribution in [2.24, 2.45) is 5.73 Å². The van der Waals surface area contributed by atoms with E-state index in [9.17, 15) is 0 Å². The van der Waals surface area contributed by atoms with E-state index < -0.39 is 0 Å². The fourth-order valence-electron chi connectivity index (χ4n) is 2.82. The largest absolute Gasteiger partial charge is 0.326 e. The van der Waals surface area contributed by atoms with E-state index in [2.05, 4.69) is 26.7 Å². The van der Waals surface area contributed by atoms with Gasteiger partial charge in [-0.1, -0.05) is 0 Å². The zero-order valence-electron chi connectivity index (χ0n) is 9.76. The molecule has 0 saturated carbocycles. The van der Waals surface area contributed by atoms with E-state index in [0.29, 0.717) is 5.92 Å². The summed E-state index contributed by atoms with van der Waals surface area (Å²) in [6.07, 6.45) is 3.23. The lowest BCUT2D eigenvalue weighted by Gasteiger charge is -2.22. The number of likely N-dealkylation sites (N-methyl/N-ethyl adjacent to an activating group) is 1. The van der Waals surface area contributed by atoms with Crippen molar-refractivity contribution in [3.05, 3.63) is 11.6 Å². The Kier molecular flexibility index (Phi) is 2.44. The molecule has 3 heterocycles. The van der Waals surface area contributed by atoms with Crippen molar-refractivity contribution in [2.75, 3.05) is 20.1 Å². The van der Waals surface area contributed by atoms with Gasteiger partial charge in [0.1, 0.15) is 11.6 Å². The minimum Gasteiger partial charge on any atom is -0.326 e. The second-order valence-corrected chi connectivity index (χ2v) is 5.13. The average Bonchev–Trinajstić information content (AvgIpc) is 2.83. The standard InChI is InChI=1S/C11H19N5/c1-15-5-4-8(6-15)11-14-13-10-3-2-9(12)7-16(10)11/h8-9H,2-7,12H2,1H3. The van der Waals surface area contributed by atoms with Crippen LogP contribution in [0.25, 0.3) is 0 Å². The lowest BCUT2D eigenvalue weighted by molar-refractivity contribution is 0.400. The van der Waals surface area contributed by atoms with Crippen LogP contribution in [0.2, 0.25) is 0 Å². The van der Waals surface area contributed by atoms with Gasteiger partial charge < -0.3 is 15.2 Å². The summed E-state index contributed by atoms with van der Waals surface area (Å²) in [5, 5.41) is 8.68. The molecule has 5 heteroatoms. The normalized spacial score (nSPS) is 30.6. The second-order valence-electron chi connectivity index (χ2n) is 5.13. The third kappa shape index (κ3) is 1.64. The molecular weight excluding hydrogens is 202 g/mol. The highest BCUT2D eigenvalue weighted by atomic mass is 15.3. The monoisotopic (exact) mass is 221 g/mol. The van der Waals surface area contributed by atoms with Gasteiger partial charge in [-0.15, -0.1) is 10.2 Å². The Balaban J connectivity index is 1.88. The minimum absolute atomic E-state index is 0.279. The summed E-state index contributed by atoms with van der Waals surface area (Å²) in [6, 6.07) is 0.279. The van der Waals surface area contributed by atoms with Gasteiger partial charge in [-0.25, -0.2) is 0 Å². The van der Waals surface area contributed by atoms with Gasteiger partial charge in [0.15, 0.2) is 0 Å². The van der Waals surface area contributed by atoms with Crippen LogP contribution in [0.5, 0.6) is 0 Å². The van der Waals surface area contributed by atoms with Crippen LogP contribution in [0.15, 0.2) is 0 Å². The van der Waals surface area contributed by atoms with Crippen LogP contribution in [-0.4, -0.2) is 45.8 Å². The zero-order valence-corrected chi connectivity index (χ0v) is 9.76. The van der Waals surface area contributed by atoms with Gasteiger partial charge in [0.2, 0.25) is 0 Å². The maximum Gasteiger partial charge on any atom is 0.137 e. The minimum atomic E-state index is 0.279. The Morgan fingerprint density at radius 1 is 1.25 bits per heavy atom. The van der Waals surface area contributed by atoms with E-state index in [1.165, 1.54) is 13.0 Å². The molecule has 0 bridgehead atoms. The number of aryl methyl sites for hydroxylation is 1. The van der Waals surface area contributed by atoms with Crippen LogP contribution in [0.4, 0.5) is 0 Å². The van der Waals surface area contributed by atoms with Crippen molar-refractivity contribution in [3.63, 3.8) is 0 Å². The molecule has 0 radical (unpaired) electrons. The summed E-state index contributed by atoms with van der Waals surface area (Å²) >= 11 is 0. The molecule has 2 N–H and O–H groups in total. The number of fused-ring (bicyclic) bond motifs is 1. The predicted octanol–water partition coefficient (Wildman–Crippen LogP) is -0.0293. The molecule has 2 aliphatic rings. The third-order valence-electron chi connectivity index (χ3n) is 3.77. The van der Waals surface area contributed by atoms with Crippen LogP contribution >= 0.6 is 0 Å². The van der Waals surface area contributed by atoms with Gasteiger partial charge in [0, 0.05) is 31.5 Å². The predicted molar refractivity (Wildman–Crippen MR) is 61.2 cm³/mol. The Morgan fingerprint density at radius 2 is 2.12 bits per heavy atom. The lowest BCUT2D eigenvalue weighted by atomic mass is 10.1. The van der Waals surface area contributed by atoms with Crippen molar-refractivity contribution in [3.8, 4) is 0 Å². The van der Waals surface area contributed by atoms with E-state index in [-0.39, 0.29) is 6.04 Å². The first-order valence-corrected chi connectivity index (χ1v) is 6.10. The summed E-state index contributed by atoms with van der Waals surface area (Å²) < 4.78 is 2.26. The van der Waals surface area contributed by atoms with E-state index in [1.54, 1.807) is 0 Å². The molecule has 2 atom stereocenters. The molecule has 2 unspecified atom stereocenters. The van der Waals surface area contributed by atoms with Crippen molar-refractivity contribution < 1.29 is 0 Å². The number of nitrogens with zero attached hydrogens (tertiary/aromatic N) is 4. The topological polar surface area (TPSA) is 60.0 Å². The van der Waals surface area contributed by atoms with Crippen LogP contribution in [-0.2, 0) is 13.0 Å². The lowest BCUT2D eigenvalue weighted by Crippen LogP contribution is -2.33. The Bertz CT molecular complexity index is 386. The molecule has 1 aromatic rings. The molecule has 2 aliphatic heterocycles. The van der Waals surface area contributed by atoms with Gasteiger partial charge in [-0.3, -0.25) is 0 Å². The number of hydrogen-bond acceptors (Lipinski definition) is 4. The first-order chi connectivity index (χ1) is 7.74. The summed E-state index contributed by atoms with van der Waals surface area (Å²) in [7, 11) is 2.17. The van der Waals surface area contributed by atoms with Crippen LogP contribution in [0.1, 0.15) is 30.4 Å². The number of likely N-dealkylation sites (tertiary alicyclic amines) is 1. The number of hydrogen-bond donors (Lipinski definition) is 1. The molecule has 0 spiro atoms. The van der Waals surface area contributed by atoms with Crippen molar-refractivity contribution in [2.45, 2.75) is 37.8 Å². The Labute approximate surface area is 95.6 Å². The SMILES string of the molecule is CN1CCC(c2nnc3n2CC(N)CC3)C1. The highest BCUT2D eigenvalue weighted by Crippen LogP contribution is 2.27. The van der Waals surface area contributed by atoms with Gasteiger partial charge in [-0.2, -0.15) is 0 Å². The van der Waals surface area contributed by atoms with E-state index in [1.807, 2.05) is 0 Å². The molecule has 0 aliphatic carbocycles. The molecule has 1 saturated heterocycles. The van der Waals surface area contributed by atoms with E-state index >= 15 is 0 Å². The first kappa shape index (κ1) is 10.2. The summed E-state index contributed by atoms with van der Waals surface area (Å²) in [4.78, 5) is 2.36. The number of rotatable bonds is 1. The van der Waals surface area contributed by atoms with Gasteiger partial charge in [-0.05, 0) is 26.4 Å². The maximum absolute atomic E-state index is 6.02. The van der Waals surface area contributed by atoms with E-state index in [4.69, 9.17) is 5.73 Å². The third-order valence-corrected chi connectivity index (χ3v) is 3.77. The highest BCUT2D eigenvalue weighted by Gasteiger charge is 2.29. The summed E-state index contributed by atoms with van der Waals surface area (Å²) in [6.45, 7) is 3.17. The molecule has 88 valence electrons. The van der Waals surface area contributed by atoms with E-state index in [0.717, 1.165) is 37.6 Å². The molecule has 3 rings (SSSR count).